The number of para-hydroxylation sites is 1. The highest BCUT2D eigenvalue weighted by atomic mass is 127. The van der Waals surface area contributed by atoms with Crippen molar-refractivity contribution in [3.8, 4) is 5.75 Å². The van der Waals surface area contributed by atoms with Gasteiger partial charge in [-0.25, -0.2) is 0 Å². The summed E-state index contributed by atoms with van der Waals surface area (Å²) in [6.07, 6.45) is 2.09. The number of methoxy groups -OCH3 is 1. The molecule has 1 unspecified atom stereocenters. The monoisotopic (exact) mass is 395 g/mol. The highest BCUT2D eigenvalue weighted by Crippen LogP contribution is 2.27. The zero-order valence-corrected chi connectivity index (χ0v) is 14.8. The van der Waals surface area contributed by atoms with Crippen LogP contribution >= 0.6 is 22.6 Å². The first-order valence-corrected chi connectivity index (χ1v) is 8.43. The molecule has 0 saturated carbocycles. The lowest BCUT2D eigenvalue weighted by Gasteiger charge is -2.21. The molecule has 2 nitrogen and oxygen atoms in total. The van der Waals surface area contributed by atoms with Crippen molar-refractivity contribution in [3.63, 3.8) is 0 Å². The van der Waals surface area contributed by atoms with E-state index in [1.807, 2.05) is 12.1 Å². The quantitative estimate of drug-likeness (QED) is 0.693. The lowest BCUT2D eigenvalue weighted by atomic mass is 9.98. The van der Waals surface area contributed by atoms with Gasteiger partial charge in [0, 0.05) is 15.2 Å². The molecule has 0 heterocycles. The number of hydrogen-bond donors (Lipinski definition) is 1. The van der Waals surface area contributed by atoms with Crippen LogP contribution in [0, 0.1) is 3.57 Å². The lowest BCUT2D eigenvalue weighted by Crippen LogP contribution is -2.24. The standard InChI is InChI=1S/C18H22INO/c1-3-12-20-17(13-14-8-10-15(19)11-9-14)16-6-4-5-7-18(16)21-2/h4-11,17,20H,3,12-13H2,1-2H3. The summed E-state index contributed by atoms with van der Waals surface area (Å²) in [4.78, 5) is 0. The van der Waals surface area contributed by atoms with Crippen molar-refractivity contribution in [2.75, 3.05) is 13.7 Å². The number of halogens is 1. The van der Waals surface area contributed by atoms with Crippen LogP contribution < -0.4 is 10.1 Å². The van der Waals surface area contributed by atoms with Gasteiger partial charge in [0.2, 0.25) is 0 Å². The van der Waals surface area contributed by atoms with E-state index in [2.05, 4.69) is 71.2 Å². The first-order chi connectivity index (χ1) is 10.2. The van der Waals surface area contributed by atoms with Crippen LogP contribution in [-0.4, -0.2) is 13.7 Å². The fraction of sp³-hybridized carbons (Fsp3) is 0.333. The molecular weight excluding hydrogens is 373 g/mol. The largest absolute Gasteiger partial charge is 0.496 e. The molecule has 0 aliphatic carbocycles. The molecule has 0 saturated heterocycles. The van der Waals surface area contributed by atoms with Crippen molar-refractivity contribution in [1.29, 1.82) is 0 Å². The molecule has 0 amide bonds. The third kappa shape index (κ3) is 4.71. The Labute approximate surface area is 141 Å². The van der Waals surface area contributed by atoms with Crippen LogP contribution in [-0.2, 0) is 6.42 Å². The molecule has 2 aromatic rings. The van der Waals surface area contributed by atoms with Gasteiger partial charge >= 0.3 is 0 Å². The summed E-state index contributed by atoms with van der Waals surface area (Å²) >= 11 is 2.34. The van der Waals surface area contributed by atoms with Crippen molar-refractivity contribution >= 4 is 22.6 Å². The first kappa shape index (κ1) is 16.3. The maximum atomic E-state index is 5.52. The molecule has 0 aliphatic rings. The van der Waals surface area contributed by atoms with E-state index in [-0.39, 0.29) is 6.04 Å². The molecule has 21 heavy (non-hydrogen) atoms. The number of benzene rings is 2. The molecule has 1 atom stereocenters. The Morgan fingerprint density at radius 3 is 2.48 bits per heavy atom. The Bertz CT molecular complexity index is 553. The van der Waals surface area contributed by atoms with Gasteiger partial charge in [-0.05, 0) is 65.7 Å². The molecule has 0 bridgehead atoms. The van der Waals surface area contributed by atoms with Crippen molar-refractivity contribution < 1.29 is 4.74 Å². The van der Waals surface area contributed by atoms with Crippen molar-refractivity contribution in [2.24, 2.45) is 0 Å². The van der Waals surface area contributed by atoms with Crippen LogP contribution in [0.25, 0.3) is 0 Å². The molecule has 2 aromatic carbocycles. The zero-order valence-electron chi connectivity index (χ0n) is 12.6. The second-order valence-corrected chi connectivity index (χ2v) is 6.32. The third-order valence-corrected chi connectivity index (χ3v) is 4.23. The predicted molar refractivity (Wildman–Crippen MR) is 96.9 cm³/mol. The second kappa shape index (κ2) is 8.39. The molecular formula is C18H22INO. The molecule has 0 aromatic heterocycles. The third-order valence-electron chi connectivity index (χ3n) is 3.51. The van der Waals surface area contributed by atoms with Gasteiger partial charge in [0.05, 0.1) is 7.11 Å². The van der Waals surface area contributed by atoms with E-state index in [9.17, 15) is 0 Å². The minimum absolute atomic E-state index is 0.279. The van der Waals surface area contributed by atoms with Gasteiger partial charge in [-0.15, -0.1) is 0 Å². The Kier molecular flexibility index (Phi) is 6.51. The normalized spacial score (nSPS) is 12.1. The van der Waals surface area contributed by atoms with Crippen LogP contribution in [0.2, 0.25) is 0 Å². The summed E-state index contributed by atoms with van der Waals surface area (Å²) in [5, 5.41) is 3.64. The van der Waals surface area contributed by atoms with Gasteiger partial charge in [0.25, 0.3) is 0 Å². The van der Waals surface area contributed by atoms with E-state index in [1.54, 1.807) is 7.11 Å². The Morgan fingerprint density at radius 2 is 1.81 bits per heavy atom. The molecule has 0 aliphatic heterocycles. The van der Waals surface area contributed by atoms with E-state index in [1.165, 1.54) is 14.7 Å². The molecule has 3 heteroatoms. The molecule has 0 radical (unpaired) electrons. The highest BCUT2D eigenvalue weighted by molar-refractivity contribution is 14.1. The number of rotatable bonds is 7. The molecule has 2 rings (SSSR count). The van der Waals surface area contributed by atoms with Crippen molar-refractivity contribution in [3.05, 3.63) is 63.2 Å². The van der Waals surface area contributed by atoms with Gasteiger partial charge < -0.3 is 10.1 Å². The summed E-state index contributed by atoms with van der Waals surface area (Å²) in [6, 6.07) is 17.3. The van der Waals surface area contributed by atoms with Crippen LogP contribution in [0.1, 0.15) is 30.5 Å². The highest BCUT2D eigenvalue weighted by Gasteiger charge is 2.15. The van der Waals surface area contributed by atoms with Crippen LogP contribution in [0.4, 0.5) is 0 Å². The Morgan fingerprint density at radius 1 is 1.10 bits per heavy atom. The van der Waals surface area contributed by atoms with Crippen LogP contribution in [0.15, 0.2) is 48.5 Å². The predicted octanol–water partition coefficient (Wildman–Crippen LogP) is 4.58. The summed E-state index contributed by atoms with van der Waals surface area (Å²) < 4.78 is 6.79. The van der Waals surface area contributed by atoms with E-state index >= 15 is 0 Å². The summed E-state index contributed by atoms with van der Waals surface area (Å²) in [7, 11) is 1.74. The van der Waals surface area contributed by atoms with E-state index in [0.29, 0.717) is 0 Å². The Hall–Kier alpha value is -1.07. The smallest absolute Gasteiger partial charge is 0.123 e. The average molecular weight is 395 g/mol. The van der Waals surface area contributed by atoms with Crippen LogP contribution in [0.5, 0.6) is 5.75 Å². The van der Waals surface area contributed by atoms with Gasteiger partial charge in [-0.3, -0.25) is 0 Å². The maximum Gasteiger partial charge on any atom is 0.123 e. The minimum Gasteiger partial charge on any atom is -0.496 e. The summed E-state index contributed by atoms with van der Waals surface area (Å²) in [5.74, 6) is 0.955. The minimum atomic E-state index is 0.279. The second-order valence-electron chi connectivity index (χ2n) is 5.08. The lowest BCUT2D eigenvalue weighted by molar-refractivity contribution is 0.398. The van der Waals surface area contributed by atoms with Crippen LogP contribution in [0.3, 0.4) is 0 Å². The first-order valence-electron chi connectivity index (χ1n) is 7.35. The van der Waals surface area contributed by atoms with E-state index in [0.717, 1.165) is 25.1 Å². The average Bonchev–Trinajstić information content (AvgIpc) is 2.53. The summed E-state index contributed by atoms with van der Waals surface area (Å²) in [5.41, 5.74) is 2.57. The Balaban J connectivity index is 2.23. The van der Waals surface area contributed by atoms with Gasteiger partial charge in [0.1, 0.15) is 5.75 Å². The maximum absolute atomic E-state index is 5.52. The molecule has 0 spiro atoms. The SMILES string of the molecule is CCCNC(Cc1ccc(I)cc1)c1ccccc1OC. The van der Waals surface area contributed by atoms with Gasteiger partial charge in [0.15, 0.2) is 0 Å². The van der Waals surface area contributed by atoms with E-state index < -0.39 is 0 Å². The number of hydrogen-bond acceptors (Lipinski definition) is 2. The van der Waals surface area contributed by atoms with Crippen molar-refractivity contribution in [1.82, 2.24) is 5.32 Å². The van der Waals surface area contributed by atoms with E-state index in [4.69, 9.17) is 4.74 Å². The topological polar surface area (TPSA) is 21.3 Å². The van der Waals surface area contributed by atoms with Crippen molar-refractivity contribution in [2.45, 2.75) is 25.8 Å². The summed E-state index contributed by atoms with van der Waals surface area (Å²) in [6.45, 7) is 3.20. The number of ether oxygens (including phenoxy) is 1. The number of nitrogens with one attached hydrogen (secondary N) is 1. The van der Waals surface area contributed by atoms with Gasteiger partial charge in [-0.1, -0.05) is 37.3 Å². The fourth-order valence-electron chi connectivity index (χ4n) is 2.42. The zero-order chi connectivity index (χ0) is 15.1. The fourth-order valence-corrected chi connectivity index (χ4v) is 2.78. The molecule has 112 valence electrons. The molecule has 1 N–H and O–H groups in total. The van der Waals surface area contributed by atoms with Gasteiger partial charge in [-0.2, -0.15) is 0 Å². The molecule has 0 fully saturated rings.